The molecule has 1 unspecified atom stereocenters. The highest BCUT2D eigenvalue weighted by molar-refractivity contribution is 7.22. The van der Waals surface area contributed by atoms with Crippen molar-refractivity contribution in [1.82, 2.24) is 15.2 Å². The molecule has 146 valence electrons. The summed E-state index contributed by atoms with van der Waals surface area (Å²) in [4.78, 5) is 30.7. The number of nitrogens with one attached hydrogen (secondary N) is 2. The molecule has 4 rings (SSSR count). The Balaban J connectivity index is 1.60. The third-order valence-corrected chi connectivity index (χ3v) is 6.35. The lowest BCUT2D eigenvalue weighted by molar-refractivity contribution is -0.140. The Hall–Kier alpha value is -2.35. The molecule has 8 heteroatoms. The standard InChI is InChI=1S/C20H20ClN3O3S/c1-10(25)20(27)24(2)17-13-6-4-3-5-11(13)7-14(17)22-18(26)15-8-12-9-16(21)28-19(12)23-15/h3-6,8-10,14,17,23,25H,7H2,1-2H3,(H,22,26)/t10-,14?,17-/m1/s1. The van der Waals surface area contributed by atoms with Crippen LogP contribution in [0, 0.1) is 0 Å². The van der Waals surface area contributed by atoms with Gasteiger partial charge in [0, 0.05) is 12.4 Å². The zero-order valence-electron chi connectivity index (χ0n) is 15.4. The molecule has 0 fully saturated rings. The average molecular weight is 418 g/mol. The second kappa shape index (κ2) is 7.24. The zero-order valence-corrected chi connectivity index (χ0v) is 17.0. The molecule has 1 aliphatic carbocycles. The van der Waals surface area contributed by atoms with E-state index in [1.54, 1.807) is 13.1 Å². The number of halogens is 1. The van der Waals surface area contributed by atoms with Gasteiger partial charge in [0.15, 0.2) is 0 Å². The number of thiophene rings is 1. The van der Waals surface area contributed by atoms with Crippen molar-refractivity contribution < 1.29 is 14.7 Å². The van der Waals surface area contributed by atoms with Crippen LogP contribution in [0.15, 0.2) is 36.4 Å². The van der Waals surface area contributed by atoms with Crippen molar-refractivity contribution >= 4 is 45.0 Å². The monoisotopic (exact) mass is 417 g/mol. The zero-order chi connectivity index (χ0) is 20.0. The highest BCUT2D eigenvalue weighted by Gasteiger charge is 2.38. The van der Waals surface area contributed by atoms with Crippen LogP contribution in [0.3, 0.4) is 0 Å². The minimum Gasteiger partial charge on any atom is -0.384 e. The van der Waals surface area contributed by atoms with E-state index >= 15 is 0 Å². The number of carbonyl (C=O) groups is 2. The van der Waals surface area contributed by atoms with Crippen LogP contribution in [0.25, 0.3) is 10.2 Å². The summed E-state index contributed by atoms with van der Waals surface area (Å²) in [5.74, 6) is -0.615. The number of aliphatic hydroxyl groups excluding tert-OH is 1. The second-order valence-electron chi connectivity index (χ2n) is 7.07. The van der Waals surface area contributed by atoms with Gasteiger partial charge in [0.25, 0.3) is 11.8 Å². The highest BCUT2D eigenvalue weighted by Crippen LogP contribution is 2.36. The van der Waals surface area contributed by atoms with Crippen LogP contribution in [-0.2, 0) is 11.2 Å². The summed E-state index contributed by atoms with van der Waals surface area (Å²) in [5.41, 5.74) is 2.53. The Morgan fingerprint density at radius 1 is 1.36 bits per heavy atom. The molecule has 2 heterocycles. The molecule has 2 aromatic heterocycles. The number of hydrogen-bond acceptors (Lipinski definition) is 4. The van der Waals surface area contributed by atoms with Gasteiger partial charge in [-0.25, -0.2) is 0 Å². The van der Waals surface area contributed by atoms with Gasteiger partial charge in [-0.2, -0.15) is 0 Å². The summed E-state index contributed by atoms with van der Waals surface area (Å²) in [6.45, 7) is 1.45. The quantitative estimate of drug-likeness (QED) is 0.609. The molecule has 0 aliphatic heterocycles. The molecule has 6 nitrogen and oxygen atoms in total. The Bertz CT molecular complexity index is 1030. The fraction of sp³-hybridized carbons (Fsp3) is 0.300. The largest absolute Gasteiger partial charge is 0.384 e. The molecule has 0 saturated carbocycles. The molecule has 3 N–H and O–H groups in total. The lowest BCUT2D eigenvalue weighted by Gasteiger charge is -2.31. The van der Waals surface area contributed by atoms with E-state index in [2.05, 4.69) is 10.3 Å². The SMILES string of the molecule is C[C@@H](O)C(=O)N(C)[C@@H]1c2ccccc2CC1NC(=O)c1cc2cc(Cl)sc2[nH]1. The van der Waals surface area contributed by atoms with Gasteiger partial charge in [0.05, 0.1) is 16.4 Å². The molecule has 0 saturated heterocycles. The molecular formula is C20H20ClN3O3S. The third kappa shape index (κ3) is 3.30. The van der Waals surface area contributed by atoms with Crippen LogP contribution in [0.2, 0.25) is 4.34 Å². The number of H-pyrrole nitrogens is 1. The second-order valence-corrected chi connectivity index (χ2v) is 8.75. The molecule has 3 aromatic rings. The Morgan fingerprint density at radius 2 is 2.11 bits per heavy atom. The predicted molar refractivity (Wildman–Crippen MR) is 110 cm³/mol. The highest BCUT2D eigenvalue weighted by atomic mass is 35.5. The van der Waals surface area contributed by atoms with Gasteiger partial charge in [-0.3, -0.25) is 9.59 Å². The average Bonchev–Trinajstić information content (AvgIpc) is 3.30. The number of aromatic amines is 1. The number of hydrogen-bond donors (Lipinski definition) is 3. The van der Waals surface area contributed by atoms with Crippen LogP contribution < -0.4 is 5.32 Å². The number of benzene rings is 1. The van der Waals surface area contributed by atoms with E-state index in [0.717, 1.165) is 21.3 Å². The normalized spacial score (nSPS) is 19.4. The number of rotatable bonds is 4. The molecule has 1 aliphatic rings. The summed E-state index contributed by atoms with van der Waals surface area (Å²) in [7, 11) is 1.66. The van der Waals surface area contributed by atoms with Gasteiger partial charge >= 0.3 is 0 Å². The number of fused-ring (bicyclic) bond motifs is 2. The first-order valence-electron chi connectivity index (χ1n) is 8.96. The summed E-state index contributed by atoms with van der Waals surface area (Å²) >= 11 is 7.38. The Morgan fingerprint density at radius 3 is 2.82 bits per heavy atom. The van der Waals surface area contributed by atoms with Crippen LogP contribution in [0.1, 0.15) is 34.6 Å². The van der Waals surface area contributed by atoms with E-state index in [1.165, 1.54) is 23.2 Å². The molecule has 3 atom stereocenters. The number of aliphatic hydroxyl groups is 1. The fourth-order valence-electron chi connectivity index (χ4n) is 3.88. The molecular weight excluding hydrogens is 398 g/mol. The first kappa shape index (κ1) is 19.0. The topological polar surface area (TPSA) is 85.4 Å². The lowest BCUT2D eigenvalue weighted by atomic mass is 10.0. The van der Waals surface area contributed by atoms with E-state index in [1.807, 2.05) is 30.3 Å². The minimum absolute atomic E-state index is 0.236. The predicted octanol–water partition coefficient (Wildman–Crippen LogP) is 3.12. The number of aromatic nitrogens is 1. The minimum atomic E-state index is -1.10. The maximum absolute atomic E-state index is 12.9. The van der Waals surface area contributed by atoms with E-state index in [-0.39, 0.29) is 23.9 Å². The molecule has 0 radical (unpaired) electrons. The van der Waals surface area contributed by atoms with Crippen molar-refractivity contribution in [2.24, 2.45) is 0 Å². The van der Waals surface area contributed by atoms with Crippen LogP contribution in [0.4, 0.5) is 0 Å². The van der Waals surface area contributed by atoms with Crippen LogP contribution >= 0.6 is 22.9 Å². The first-order chi connectivity index (χ1) is 13.3. The van der Waals surface area contributed by atoms with Gasteiger partial charge in [-0.1, -0.05) is 35.9 Å². The smallest absolute Gasteiger partial charge is 0.268 e. The molecule has 2 amide bonds. The Kier molecular flexibility index (Phi) is 4.91. The van der Waals surface area contributed by atoms with Crippen molar-refractivity contribution in [1.29, 1.82) is 0 Å². The van der Waals surface area contributed by atoms with Gasteiger partial charge in [-0.15, -0.1) is 11.3 Å². The number of likely N-dealkylation sites (N-methyl/N-ethyl adjacent to an activating group) is 1. The maximum atomic E-state index is 12.9. The van der Waals surface area contributed by atoms with Gasteiger partial charge in [0.2, 0.25) is 0 Å². The molecule has 1 aromatic carbocycles. The van der Waals surface area contributed by atoms with Gasteiger partial charge in [0.1, 0.15) is 16.6 Å². The van der Waals surface area contributed by atoms with Gasteiger partial charge in [-0.05, 0) is 36.6 Å². The summed E-state index contributed by atoms with van der Waals surface area (Å²) < 4.78 is 0.665. The van der Waals surface area contributed by atoms with Crippen molar-refractivity contribution in [3.63, 3.8) is 0 Å². The van der Waals surface area contributed by atoms with Crippen molar-refractivity contribution in [3.8, 4) is 0 Å². The summed E-state index contributed by atoms with van der Waals surface area (Å²) in [6.07, 6.45) is -0.487. The van der Waals surface area contributed by atoms with Crippen molar-refractivity contribution in [2.75, 3.05) is 7.05 Å². The first-order valence-corrected chi connectivity index (χ1v) is 10.2. The van der Waals surface area contributed by atoms with Gasteiger partial charge < -0.3 is 20.3 Å². The molecule has 0 bridgehead atoms. The summed E-state index contributed by atoms with van der Waals surface area (Å²) in [6, 6.07) is 10.8. The third-order valence-electron chi connectivity index (χ3n) is 5.16. The van der Waals surface area contributed by atoms with Crippen LogP contribution in [0.5, 0.6) is 0 Å². The van der Waals surface area contributed by atoms with E-state index < -0.39 is 6.10 Å². The maximum Gasteiger partial charge on any atom is 0.268 e. The van der Waals surface area contributed by atoms with Crippen molar-refractivity contribution in [2.45, 2.75) is 31.5 Å². The Labute approximate surface area is 171 Å². The molecule has 28 heavy (non-hydrogen) atoms. The van der Waals surface area contributed by atoms with E-state index in [0.29, 0.717) is 16.5 Å². The number of carbonyl (C=O) groups excluding carboxylic acids is 2. The number of nitrogens with zero attached hydrogens (tertiary/aromatic N) is 1. The van der Waals surface area contributed by atoms with Crippen molar-refractivity contribution in [3.05, 3.63) is 57.6 Å². The summed E-state index contributed by atoms with van der Waals surface area (Å²) in [5, 5.41) is 13.7. The van der Waals surface area contributed by atoms with E-state index in [9.17, 15) is 14.7 Å². The number of amides is 2. The van der Waals surface area contributed by atoms with Crippen LogP contribution in [-0.4, -0.2) is 46.0 Å². The fourth-order valence-corrected chi connectivity index (χ4v) is 5.00. The molecule has 0 spiro atoms. The lowest BCUT2D eigenvalue weighted by Crippen LogP contribution is -2.47. The van der Waals surface area contributed by atoms with E-state index in [4.69, 9.17) is 11.6 Å².